The van der Waals surface area contributed by atoms with Crippen LogP contribution in [0.2, 0.25) is 0 Å². The summed E-state index contributed by atoms with van der Waals surface area (Å²) >= 11 is 0. The van der Waals surface area contributed by atoms with Crippen LogP contribution in [0.25, 0.3) is 0 Å². The number of oxime groups is 1. The molecule has 118 valence electrons. The van der Waals surface area contributed by atoms with E-state index >= 15 is 0 Å². The summed E-state index contributed by atoms with van der Waals surface area (Å²) in [4.78, 5) is 2.01. The van der Waals surface area contributed by atoms with Gasteiger partial charge in [0.05, 0.1) is 11.3 Å². The highest BCUT2D eigenvalue weighted by molar-refractivity contribution is 6.02. The fourth-order valence-electron chi connectivity index (χ4n) is 2.53. The number of anilines is 1. The number of nitrogens with two attached hydrogens (primary N) is 1. The summed E-state index contributed by atoms with van der Waals surface area (Å²) in [5.41, 5.74) is 8.60. The molecule has 0 atom stereocenters. The Hall–Kier alpha value is -1.85. The van der Waals surface area contributed by atoms with Crippen molar-refractivity contribution in [3.63, 3.8) is 0 Å². The molecular weight excluding hydrogens is 266 g/mol. The lowest BCUT2D eigenvalue weighted by atomic mass is 9.95. The highest BCUT2D eigenvalue weighted by Crippen LogP contribution is 2.26. The topological polar surface area (TPSA) is 87.6 Å². The van der Waals surface area contributed by atoms with Crippen molar-refractivity contribution in [2.24, 2.45) is 16.3 Å². The summed E-state index contributed by atoms with van der Waals surface area (Å²) in [5.74, 6) is 0.751. The fourth-order valence-corrected chi connectivity index (χ4v) is 2.53. The largest absolute Gasteiger partial charge is 0.409 e. The molecule has 6 nitrogen and oxygen atoms in total. The van der Waals surface area contributed by atoms with Crippen LogP contribution >= 0.6 is 0 Å². The molecular formula is C15H27N5O. The van der Waals surface area contributed by atoms with Gasteiger partial charge in [0.15, 0.2) is 11.7 Å². The summed E-state index contributed by atoms with van der Waals surface area (Å²) in [6.45, 7) is 11.3. The third-order valence-electron chi connectivity index (χ3n) is 3.26. The van der Waals surface area contributed by atoms with E-state index in [0.29, 0.717) is 11.4 Å². The van der Waals surface area contributed by atoms with Crippen molar-refractivity contribution >= 4 is 11.7 Å². The molecule has 1 heterocycles. The molecule has 0 aromatic carbocycles. The molecule has 1 aromatic heterocycles. The first-order valence-corrected chi connectivity index (χ1v) is 7.32. The van der Waals surface area contributed by atoms with Gasteiger partial charge in [-0.15, -0.1) is 5.10 Å². The van der Waals surface area contributed by atoms with Gasteiger partial charge in [0.2, 0.25) is 0 Å². The van der Waals surface area contributed by atoms with Crippen molar-refractivity contribution in [3.8, 4) is 0 Å². The molecule has 1 rings (SSSR count). The molecule has 0 aliphatic heterocycles. The van der Waals surface area contributed by atoms with Crippen LogP contribution in [0.1, 0.15) is 51.4 Å². The molecule has 0 fully saturated rings. The van der Waals surface area contributed by atoms with E-state index in [0.717, 1.165) is 30.6 Å². The van der Waals surface area contributed by atoms with Gasteiger partial charge in [0, 0.05) is 13.6 Å². The molecule has 0 spiro atoms. The van der Waals surface area contributed by atoms with E-state index in [4.69, 9.17) is 10.9 Å². The van der Waals surface area contributed by atoms with Crippen molar-refractivity contribution in [1.29, 1.82) is 0 Å². The number of hydrogen-bond acceptors (Lipinski definition) is 5. The normalized spacial score (nSPS) is 12.6. The van der Waals surface area contributed by atoms with Gasteiger partial charge in [-0.05, 0) is 23.8 Å². The lowest BCUT2D eigenvalue weighted by Gasteiger charge is -2.29. The Labute approximate surface area is 127 Å². The van der Waals surface area contributed by atoms with Gasteiger partial charge in [0.1, 0.15) is 0 Å². The van der Waals surface area contributed by atoms with Crippen LogP contribution in [0.15, 0.2) is 5.16 Å². The average Bonchev–Trinajstić information content (AvgIpc) is 2.42. The molecule has 21 heavy (non-hydrogen) atoms. The maximum Gasteiger partial charge on any atom is 0.174 e. The van der Waals surface area contributed by atoms with E-state index in [2.05, 4.69) is 36.1 Å². The van der Waals surface area contributed by atoms with Crippen LogP contribution in [0.4, 0.5) is 5.82 Å². The van der Waals surface area contributed by atoms with Gasteiger partial charge in [-0.3, -0.25) is 0 Å². The van der Waals surface area contributed by atoms with Gasteiger partial charge in [-0.25, -0.2) is 0 Å². The van der Waals surface area contributed by atoms with E-state index in [1.54, 1.807) is 0 Å². The minimum Gasteiger partial charge on any atom is -0.409 e. The van der Waals surface area contributed by atoms with Crippen LogP contribution < -0.4 is 10.6 Å². The van der Waals surface area contributed by atoms with E-state index in [1.807, 2.05) is 25.8 Å². The summed E-state index contributed by atoms with van der Waals surface area (Å²) in [6, 6.07) is 0. The van der Waals surface area contributed by atoms with Crippen molar-refractivity contribution in [2.45, 2.75) is 47.5 Å². The molecule has 0 aliphatic carbocycles. The van der Waals surface area contributed by atoms with Crippen molar-refractivity contribution < 1.29 is 5.21 Å². The summed E-state index contributed by atoms with van der Waals surface area (Å²) in [6.07, 6.45) is 1.53. The van der Waals surface area contributed by atoms with E-state index in [9.17, 15) is 0 Å². The molecule has 0 aliphatic rings. The highest BCUT2D eigenvalue weighted by Gasteiger charge is 2.23. The first-order valence-electron chi connectivity index (χ1n) is 7.32. The van der Waals surface area contributed by atoms with E-state index in [1.165, 1.54) is 0 Å². The molecule has 0 amide bonds. The van der Waals surface area contributed by atoms with Crippen molar-refractivity contribution in [1.82, 2.24) is 10.2 Å². The zero-order valence-electron chi connectivity index (χ0n) is 13.9. The Morgan fingerprint density at radius 3 is 2.29 bits per heavy atom. The molecule has 0 saturated heterocycles. The van der Waals surface area contributed by atoms with Crippen LogP contribution in [0, 0.1) is 5.41 Å². The summed E-state index contributed by atoms with van der Waals surface area (Å²) < 4.78 is 0. The summed E-state index contributed by atoms with van der Waals surface area (Å²) in [7, 11) is 1.95. The van der Waals surface area contributed by atoms with Gasteiger partial charge in [-0.2, -0.15) is 5.10 Å². The van der Waals surface area contributed by atoms with Gasteiger partial charge < -0.3 is 15.8 Å². The van der Waals surface area contributed by atoms with Gasteiger partial charge in [0.25, 0.3) is 0 Å². The zero-order valence-corrected chi connectivity index (χ0v) is 13.9. The Bertz CT molecular complexity index is 520. The number of rotatable bonds is 5. The highest BCUT2D eigenvalue weighted by atomic mass is 16.4. The number of aromatic nitrogens is 2. The standard InChI is InChI=1S/C15H27N5O/c1-7-10-11(8-2)17-18-14(12(10)13(16)19-21)20(6)9-15(3,4)5/h21H,7-9H2,1-6H3,(H2,16,19). The lowest BCUT2D eigenvalue weighted by Crippen LogP contribution is -2.33. The fraction of sp³-hybridized carbons (Fsp3) is 0.667. The van der Waals surface area contributed by atoms with Crippen LogP contribution in [-0.4, -0.2) is 34.8 Å². The third kappa shape index (κ3) is 4.06. The van der Waals surface area contributed by atoms with E-state index in [-0.39, 0.29) is 11.3 Å². The van der Waals surface area contributed by atoms with Gasteiger partial charge in [-0.1, -0.05) is 39.8 Å². The Morgan fingerprint density at radius 1 is 1.24 bits per heavy atom. The first kappa shape index (κ1) is 17.2. The van der Waals surface area contributed by atoms with E-state index < -0.39 is 0 Å². The smallest absolute Gasteiger partial charge is 0.174 e. The number of nitrogens with zero attached hydrogens (tertiary/aromatic N) is 4. The van der Waals surface area contributed by atoms with Crippen LogP contribution in [-0.2, 0) is 12.8 Å². The quantitative estimate of drug-likeness (QED) is 0.376. The second-order valence-corrected chi connectivity index (χ2v) is 6.43. The number of amidine groups is 1. The van der Waals surface area contributed by atoms with Crippen LogP contribution in [0.3, 0.4) is 0 Å². The number of hydrogen-bond donors (Lipinski definition) is 2. The second-order valence-electron chi connectivity index (χ2n) is 6.43. The van der Waals surface area contributed by atoms with Crippen molar-refractivity contribution in [3.05, 3.63) is 16.8 Å². The molecule has 0 bridgehead atoms. The number of aryl methyl sites for hydroxylation is 1. The Balaban J connectivity index is 3.45. The van der Waals surface area contributed by atoms with Gasteiger partial charge >= 0.3 is 0 Å². The first-order chi connectivity index (χ1) is 9.75. The minimum atomic E-state index is 0.0900. The second kappa shape index (κ2) is 6.74. The molecule has 0 unspecified atom stereocenters. The molecule has 1 aromatic rings. The SMILES string of the molecule is CCc1nnc(N(C)CC(C)(C)C)c(C(N)=NO)c1CC. The Kier molecular flexibility index (Phi) is 5.52. The average molecular weight is 293 g/mol. The maximum absolute atomic E-state index is 9.11. The summed E-state index contributed by atoms with van der Waals surface area (Å²) in [5, 5.41) is 20.9. The molecule has 0 radical (unpaired) electrons. The molecule has 3 N–H and O–H groups in total. The zero-order chi connectivity index (χ0) is 16.2. The lowest BCUT2D eigenvalue weighted by molar-refractivity contribution is 0.318. The predicted molar refractivity (Wildman–Crippen MR) is 86.0 cm³/mol. The molecule has 0 saturated carbocycles. The predicted octanol–water partition coefficient (Wildman–Crippen LogP) is 2.18. The third-order valence-corrected chi connectivity index (χ3v) is 3.26. The maximum atomic E-state index is 9.11. The minimum absolute atomic E-state index is 0.0900. The monoisotopic (exact) mass is 293 g/mol. The van der Waals surface area contributed by atoms with Crippen molar-refractivity contribution in [2.75, 3.05) is 18.5 Å². The molecule has 6 heteroatoms. The Morgan fingerprint density at radius 2 is 1.86 bits per heavy atom. The van der Waals surface area contributed by atoms with Crippen LogP contribution in [0.5, 0.6) is 0 Å².